The quantitative estimate of drug-likeness (QED) is 0.504. The molecule has 0 aromatic carbocycles. The van der Waals surface area contributed by atoms with Crippen LogP contribution in [0.3, 0.4) is 0 Å². The molecule has 2 N–H and O–H groups in total. The Balaban J connectivity index is 4.42. The number of ether oxygens (including phenoxy) is 1. The molecule has 0 aromatic heterocycles. The lowest BCUT2D eigenvalue weighted by molar-refractivity contribution is 0.176. The average Bonchev–Trinajstić information content (AvgIpc) is 2.27. The monoisotopic (exact) mass is 226 g/mol. The van der Waals surface area contributed by atoms with E-state index in [1.165, 1.54) is 0 Å². The number of rotatable bonds is 7. The highest BCUT2D eigenvalue weighted by Crippen LogP contribution is 1.97. The molecular weight excluding hydrogens is 204 g/mol. The van der Waals surface area contributed by atoms with Crippen molar-refractivity contribution in [1.82, 2.24) is 10.2 Å². The Kier molecular flexibility index (Phi) is 7.20. The van der Waals surface area contributed by atoms with Crippen LogP contribution in [0.25, 0.3) is 0 Å². The smallest absolute Gasteiger partial charge is 0.129 e. The Hall–Kier alpha value is -1.36. The molecule has 0 saturated carbocycles. The lowest BCUT2D eigenvalue weighted by atomic mass is 10.3. The molecule has 0 aliphatic rings. The molecular formula is C11H22N4O. The minimum absolute atomic E-state index is 0.140. The standard InChI is InChI=1S/C11H22N4O/c1-6-15(4)10(12)7-11(13-3)14-9(2)8-16-5/h7,9,12,14H,3,6,8H2,1-2,4-5H3/b11-7+,12-10?. The zero-order valence-electron chi connectivity index (χ0n) is 10.6. The van der Waals surface area contributed by atoms with E-state index in [0.29, 0.717) is 18.3 Å². The number of hydrogen-bond donors (Lipinski definition) is 2. The molecule has 0 aliphatic carbocycles. The summed E-state index contributed by atoms with van der Waals surface area (Å²) in [6, 6.07) is 0.140. The highest BCUT2D eigenvalue weighted by molar-refractivity contribution is 5.90. The Morgan fingerprint density at radius 1 is 1.69 bits per heavy atom. The van der Waals surface area contributed by atoms with E-state index in [1.54, 1.807) is 13.2 Å². The molecule has 1 atom stereocenters. The fraction of sp³-hybridized carbons (Fsp3) is 0.636. The molecule has 0 amide bonds. The summed E-state index contributed by atoms with van der Waals surface area (Å²) < 4.78 is 5.01. The van der Waals surface area contributed by atoms with Crippen LogP contribution in [-0.4, -0.2) is 50.8 Å². The van der Waals surface area contributed by atoms with Gasteiger partial charge in [-0.25, -0.2) is 4.99 Å². The van der Waals surface area contributed by atoms with E-state index >= 15 is 0 Å². The van der Waals surface area contributed by atoms with Crippen LogP contribution < -0.4 is 5.32 Å². The largest absolute Gasteiger partial charge is 0.383 e. The van der Waals surface area contributed by atoms with Gasteiger partial charge in [-0.1, -0.05) is 0 Å². The number of methoxy groups -OCH3 is 1. The molecule has 0 spiro atoms. The molecule has 0 aliphatic heterocycles. The summed E-state index contributed by atoms with van der Waals surface area (Å²) in [5, 5.41) is 10.9. The van der Waals surface area contributed by atoms with Crippen LogP contribution in [0.15, 0.2) is 16.9 Å². The summed E-state index contributed by atoms with van der Waals surface area (Å²) in [5.74, 6) is 0.997. The first kappa shape index (κ1) is 14.6. The van der Waals surface area contributed by atoms with Crippen molar-refractivity contribution in [2.75, 3.05) is 27.3 Å². The fourth-order valence-corrected chi connectivity index (χ4v) is 1.09. The third-order valence-electron chi connectivity index (χ3n) is 2.14. The maximum atomic E-state index is 7.77. The second-order valence-electron chi connectivity index (χ2n) is 3.59. The van der Waals surface area contributed by atoms with Crippen LogP contribution in [0.4, 0.5) is 0 Å². The molecule has 0 aromatic rings. The molecule has 0 fully saturated rings. The lowest BCUT2D eigenvalue weighted by Crippen LogP contribution is -2.31. The summed E-state index contributed by atoms with van der Waals surface area (Å²) in [6.45, 7) is 8.82. The minimum atomic E-state index is 0.140. The second kappa shape index (κ2) is 7.87. The number of likely N-dealkylation sites (N-methyl/N-ethyl adjacent to an activating group) is 1. The molecule has 5 heteroatoms. The molecule has 92 valence electrons. The summed E-state index contributed by atoms with van der Waals surface area (Å²) in [7, 11) is 3.51. The lowest BCUT2D eigenvalue weighted by Gasteiger charge is -2.17. The normalized spacial score (nSPS) is 13.1. The van der Waals surface area contributed by atoms with Gasteiger partial charge in [0.05, 0.1) is 6.61 Å². The predicted molar refractivity (Wildman–Crippen MR) is 68.1 cm³/mol. The van der Waals surface area contributed by atoms with Crippen LogP contribution in [0.2, 0.25) is 0 Å². The zero-order chi connectivity index (χ0) is 12.6. The molecule has 0 bridgehead atoms. The Morgan fingerprint density at radius 2 is 2.31 bits per heavy atom. The van der Waals surface area contributed by atoms with Gasteiger partial charge in [-0.2, -0.15) is 0 Å². The Bertz CT molecular complexity index is 263. The van der Waals surface area contributed by atoms with Crippen molar-refractivity contribution in [2.45, 2.75) is 19.9 Å². The molecule has 1 unspecified atom stereocenters. The predicted octanol–water partition coefficient (Wildman–Crippen LogP) is 1.08. The Morgan fingerprint density at radius 3 is 2.75 bits per heavy atom. The van der Waals surface area contributed by atoms with Crippen molar-refractivity contribution in [3.05, 3.63) is 11.9 Å². The highest BCUT2D eigenvalue weighted by Gasteiger charge is 2.04. The summed E-state index contributed by atoms with van der Waals surface area (Å²) in [5.41, 5.74) is 0. The van der Waals surface area contributed by atoms with Crippen molar-refractivity contribution in [3.8, 4) is 0 Å². The fourth-order valence-electron chi connectivity index (χ4n) is 1.09. The van der Waals surface area contributed by atoms with Gasteiger partial charge in [0, 0.05) is 32.8 Å². The van der Waals surface area contributed by atoms with Gasteiger partial charge < -0.3 is 15.0 Å². The first-order chi connectivity index (χ1) is 7.54. The van der Waals surface area contributed by atoms with Crippen molar-refractivity contribution in [2.24, 2.45) is 4.99 Å². The van der Waals surface area contributed by atoms with Crippen molar-refractivity contribution in [3.63, 3.8) is 0 Å². The van der Waals surface area contributed by atoms with Gasteiger partial charge in [0.15, 0.2) is 0 Å². The summed E-state index contributed by atoms with van der Waals surface area (Å²) in [4.78, 5) is 5.66. The number of nitrogens with one attached hydrogen (secondary N) is 2. The summed E-state index contributed by atoms with van der Waals surface area (Å²) in [6.07, 6.45) is 1.66. The number of hydrogen-bond acceptors (Lipinski definition) is 4. The van der Waals surface area contributed by atoms with Crippen molar-refractivity contribution < 1.29 is 4.74 Å². The maximum Gasteiger partial charge on any atom is 0.129 e. The highest BCUT2D eigenvalue weighted by atomic mass is 16.5. The SMILES string of the molecule is C=N/C(=C\C(=N)N(C)CC)NC(C)COC. The topological polar surface area (TPSA) is 60.7 Å². The van der Waals surface area contributed by atoms with E-state index in [-0.39, 0.29) is 6.04 Å². The molecule has 0 heterocycles. The number of amidine groups is 1. The zero-order valence-corrected chi connectivity index (χ0v) is 10.6. The van der Waals surface area contributed by atoms with Gasteiger partial charge in [-0.15, -0.1) is 0 Å². The van der Waals surface area contributed by atoms with Crippen molar-refractivity contribution in [1.29, 1.82) is 5.41 Å². The second-order valence-corrected chi connectivity index (χ2v) is 3.59. The number of nitrogens with zero attached hydrogens (tertiary/aromatic N) is 2. The van der Waals surface area contributed by atoms with E-state index < -0.39 is 0 Å². The van der Waals surface area contributed by atoms with Gasteiger partial charge in [0.2, 0.25) is 0 Å². The molecule has 0 rings (SSSR count). The van der Waals surface area contributed by atoms with Gasteiger partial charge >= 0.3 is 0 Å². The van der Waals surface area contributed by atoms with Gasteiger partial charge in [-0.05, 0) is 20.6 Å². The van der Waals surface area contributed by atoms with Gasteiger partial charge in [0.1, 0.15) is 11.7 Å². The van der Waals surface area contributed by atoms with E-state index in [9.17, 15) is 0 Å². The van der Waals surface area contributed by atoms with Crippen molar-refractivity contribution >= 4 is 12.6 Å². The minimum Gasteiger partial charge on any atom is -0.383 e. The van der Waals surface area contributed by atoms with Gasteiger partial charge in [0.25, 0.3) is 0 Å². The third kappa shape index (κ3) is 5.50. The molecule has 0 saturated heterocycles. The van der Waals surface area contributed by atoms with E-state index in [0.717, 1.165) is 6.54 Å². The molecule has 16 heavy (non-hydrogen) atoms. The van der Waals surface area contributed by atoms with E-state index in [2.05, 4.69) is 17.0 Å². The number of aliphatic imine (C=N–C) groups is 1. The van der Waals surface area contributed by atoms with Gasteiger partial charge in [-0.3, -0.25) is 5.41 Å². The summed E-state index contributed by atoms with van der Waals surface area (Å²) >= 11 is 0. The third-order valence-corrected chi connectivity index (χ3v) is 2.14. The van der Waals surface area contributed by atoms with Crippen LogP contribution in [-0.2, 0) is 4.74 Å². The first-order valence-electron chi connectivity index (χ1n) is 5.28. The maximum absolute atomic E-state index is 7.77. The molecule has 5 nitrogen and oxygen atoms in total. The van der Waals surface area contributed by atoms with Crippen LogP contribution in [0.1, 0.15) is 13.8 Å². The van der Waals surface area contributed by atoms with Crippen LogP contribution >= 0.6 is 0 Å². The molecule has 0 radical (unpaired) electrons. The van der Waals surface area contributed by atoms with E-state index in [1.807, 2.05) is 25.8 Å². The van der Waals surface area contributed by atoms with E-state index in [4.69, 9.17) is 10.1 Å². The average molecular weight is 226 g/mol. The first-order valence-corrected chi connectivity index (χ1v) is 5.28. The van der Waals surface area contributed by atoms with Crippen LogP contribution in [0, 0.1) is 5.41 Å². The Labute approximate surface area is 97.7 Å². The van der Waals surface area contributed by atoms with Crippen LogP contribution in [0.5, 0.6) is 0 Å².